The van der Waals surface area contributed by atoms with Gasteiger partial charge in [0.25, 0.3) is 0 Å². The first kappa shape index (κ1) is 12.5. The lowest BCUT2D eigenvalue weighted by Gasteiger charge is -2.14. The molecular weight excluding hydrogens is 232 g/mol. The number of carbonyl (C=O) groups excluding carboxylic acids is 1. The summed E-state index contributed by atoms with van der Waals surface area (Å²) in [6.07, 6.45) is 1.35. The molecule has 0 heterocycles. The number of hydrogen-bond donors (Lipinski definition) is 0. The Balaban J connectivity index is 2.25. The molecule has 3 heteroatoms. The number of rotatable bonds is 2. The van der Waals surface area contributed by atoms with Crippen LogP contribution in [0.4, 0.5) is 0 Å². The van der Waals surface area contributed by atoms with E-state index in [0.29, 0.717) is 6.42 Å². The van der Waals surface area contributed by atoms with Gasteiger partial charge in [-0.3, -0.25) is 9.00 Å². The van der Waals surface area contributed by atoms with Gasteiger partial charge < -0.3 is 0 Å². The molecule has 3 unspecified atom stereocenters. The Kier molecular flexibility index (Phi) is 3.48. The molecule has 0 bridgehead atoms. The molecule has 0 saturated heterocycles. The van der Waals surface area contributed by atoms with Crippen LogP contribution in [0, 0.1) is 19.8 Å². The zero-order valence-corrected chi connectivity index (χ0v) is 11.3. The predicted octanol–water partition coefficient (Wildman–Crippen LogP) is 2.78. The lowest BCUT2D eigenvalue weighted by atomic mass is 10.1. The summed E-state index contributed by atoms with van der Waals surface area (Å²) in [5, 5.41) is 0.00426. The average molecular weight is 250 g/mol. The molecular formula is C14H18O2S. The molecule has 1 aromatic rings. The fourth-order valence-electron chi connectivity index (χ4n) is 2.28. The number of carbonyl (C=O) groups is 1. The number of ketones is 1. The molecule has 92 valence electrons. The minimum absolute atomic E-state index is 0.00426. The topological polar surface area (TPSA) is 34.1 Å². The fourth-order valence-corrected chi connectivity index (χ4v) is 3.97. The van der Waals surface area contributed by atoms with Crippen molar-refractivity contribution in [3.8, 4) is 0 Å². The molecule has 1 aromatic carbocycles. The van der Waals surface area contributed by atoms with Crippen molar-refractivity contribution in [2.45, 2.75) is 43.8 Å². The van der Waals surface area contributed by atoms with E-state index in [1.165, 1.54) is 5.56 Å². The van der Waals surface area contributed by atoms with Crippen LogP contribution in [0.25, 0.3) is 0 Å². The Morgan fingerprint density at radius 2 is 1.94 bits per heavy atom. The summed E-state index contributed by atoms with van der Waals surface area (Å²) in [6.45, 7) is 5.97. The van der Waals surface area contributed by atoms with Crippen LogP contribution in [-0.2, 0) is 15.6 Å². The Morgan fingerprint density at radius 1 is 1.24 bits per heavy atom. The maximum absolute atomic E-state index is 12.4. The number of aryl methyl sites for hydroxylation is 2. The third kappa shape index (κ3) is 2.34. The summed E-state index contributed by atoms with van der Waals surface area (Å²) in [5.41, 5.74) is 2.37. The maximum Gasteiger partial charge on any atom is 0.136 e. The van der Waals surface area contributed by atoms with E-state index in [-0.39, 0.29) is 17.0 Å². The second-order valence-corrected chi connectivity index (χ2v) is 6.55. The monoisotopic (exact) mass is 250 g/mol. The van der Waals surface area contributed by atoms with Crippen molar-refractivity contribution in [3.05, 3.63) is 29.3 Å². The van der Waals surface area contributed by atoms with Gasteiger partial charge >= 0.3 is 0 Å². The predicted molar refractivity (Wildman–Crippen MR) is 69.5 cm³/mol. The zero-order valence-electron chi connectivity index (χ0n) is 10.5. The second kappa shape index (κ2) is 4.73. The molecule has 0 N–H and O–H groups in total. The van der Waals surface area contributed by atoms with E-state index in [1.807, 2.05) is 39.0 Å². The molecule has 3 atom stereocenters. The summed E-state index contributed by atoms with van der Waals surface area (Å²) < 4.78 is 12.4. The van der Waals surface area contributed by atoms with Gasteiger partial charge in [-0.25, -0.2) is 0 Å². The van der Waals surface area contributed by atoms with Gasteiger partial charge in [0.15, 0.2) is 0 Å². The van der Waals surface area contributed by atoms with Crippen LogP contribution in [0.15, 0.2) is 23.1 Å². The van der Waals surface area contributed by atoms with Crippen LogP contribution >= 0.6 is 0 Å². The van der Waals surface area contributed by atoms with Crippen LogP contribution in [0.3, 0.4) is 0 Å². The van der Waals surface area contributed by atoms with Gasteiger partial charge in [0.1, 0.15) is 5.78 Å². The van der Waals surface area contributed by atoms with Gasteiger partial charge in [0.05, 0.1) is 10.8 Å². The smallest absolute Gasteiger partial charge is 0.136 e. The SMILES string of the molecule is Cc1ccc(S(=O)C2CCC(=O)C2C)cc1C. The first-order valence-corrected chi connectivity index (χ1v) is 7.22. The van der Waals surface area contributed by atoms with Gasteiger partial charge in [-0.1, -0.05) is 13.0 Å². The third-order valence-electron chi connectivity index (χ3n) is 3.73. The van der Waals surface area contributed by atoms with Crippen LogP contribution in [0.2, 0.25) is 0 Å². The van der Waals surface area contributed by atoms with Crippen LogP contribution < -0.4 is 0 Å². The van der Waals surface area contributed by atoms with Crippen LogP contribution in [-0.4, -0.2) is 15.2 Å². The molecule has 0 aromatic heterocycles. The Bertz CT molecular complexity index is 479. The molecule has 0 amide bonds. The van der Waals surface area contributed by atoms with Crippen molar-refractivity contribution in [1.29, 1.82) is 0 Å². The van der Waals surface area contributed by atoms with Crippen molar-refractivity contribution in [3.63, 3.8) is 0 Å². The first-order valence-electron chi connectivity index (χ1n) is 6.01. The van der Waals surface area contributed by atoms with E-state index < -0.39 is 10.8 Å². The minimum Gasteiger partial charge on any atom is -0.299 e. The lowest BCUT2D eigenvalue weighted by Crippen LogP contribution is -2.21. The molecule has 1 fully saturated rings. The molecule has 17 heavy (non-hydrogen) atoms. The average Bonchev–Trinajstić information content (AvgIpc) is 2.63. The number of benzene rings is 1. The summed E-state index contributed by atoms with van der Waals surface area (Å²) >= 11 is 0. The van der Waals surface area contributed by atoms with E-state index in [0.717, 1.165) is 16.9 Å². The van der Waals surface area contributed by atoms with Gasteiger partial charge in [-0.2, -0.15) is 0 Å². The van der Waals surface area contributed by atoms with E-state index in [1.54, 1.807) is 0 Å². The highest BCUT2D eigenvalue weighted by Gasteiger charge is 2.35. The Morgan fingerprint density at radius 3 is 2.47 bits per heavy atom. The molecule has 1 aliphatic carbocycles. The van der Waals surface area contributed by atoms with Crippen molar-refractivity contribution in [1.82, 2.24) is 0 Å². The van der Waals surface area contributed by atoms with Gasteiger partial charge in [-0.05, 0) is 43.5 Å². The third-order valence-corrected chi connectivity index (χ3v) is 5.64. The molecule has 0 spiro atoms. The van der Waals surface area contributed by atoms with E-state index in [2.05, 4.69) is 0 Å². The molecule has 1 saturated carbocycles. The normalized spacial score (nSPS) is 26.2. The standard InChI is InChI=1S/C14H18O2S/c1-9-4-5-12(8-10(9)2)17(16)14-7-6-13(15)11(14)3/h4-5,8,11,14H,6-7H2,1-3H3. The van der Waals surface area contributed by atoms with E-state index in [4.69, 9.17) is 0 Å². The summed E-state index contributed by atoms with van der Waals surface area (Å²) in [6, 6.07) is 5.92. The highest BCUT2D eigenvalue weighted by atomic mass is 32.2. The van der Waals surface area contributed by atoms with Crippen molar-refractivity contribution < 1.29 is 9.00 Å². The second-order valence-electron chi connectivity index (χ2n) is 4.88. The minimum atomic E-state index is -1.05. The van der Waals surface area contributed by atoms with Crippen LogP contribution in [0.1, 0.15) is 30.9 Å². The van der Waals surface area contributed by atoms with Crippen molar-refractivity contribution >= 4 is 16.6 Å². The van der Waals surface area contributed by atoms with Gasteiger partial charge in [0.2, 0.25) is 0 Å². The first-order chi connectivity index (χ1) is 8.00. The summed E-state index contributed by atoms with van der Waals surface area (Å²) in [4.78, 5) is 12.4. The molecule has 0 aliphatic heterocycles. The van der Waals surface area contributed by atoms with E-state index >= 15 is 0 Å². The van der Waals surface area contributed by atoms with Gasteiger partial charge in [0, 0.05) is 22.5 Å². The van der Waals surface area contributed by atoms with Crippen molar-refractivity contribution in [2.24, 2.45) is 5.92 Å². The molecule has 1 aliphatic rings. The van der Waals surface area contributed by atoms with Crippen molar-refractivity contribution in [2.75, 3.05) is 0 Å². The largest absolute Gasteiger partial charge is 0.299 e. The maximum atomic E-state index is 12.4. The lowest BCUT2D eigenvalue weighted by molar-refractivity contribution is -0.120. The number of hydrogen-bond acceptors (Lipinski definition) is 2. The molecule has 2 nitrogen and oxygen atoms in total. The fraction of sp³-hybridized carbons (Fsp3) is 0.500. The highest BCUT2D eigenvalue weighted by molar-refractivity contribution is 7.85. The Hall–Kier alpha value is -0.960. The summed E-state index contributed by atoms with van der Waals surface area (Å²) in [5.74, 6) is 0.199. The van der Waals surface area contributed by atoms with Gasteiger partial charge in [-0.15, -0.1) is 0 Å². The summed E-state index contributed by atoms with van der Waals surface area (Å²) in [7, 11) is -1.05. The quantitative estimate of drug-likeness (QED) is 0.809. The highest BCUT2D eigenvalue weighted by Crippen LogP contribution is 2.30. The Labute approximate surface area is 105 Å². The molecule has 2 rings (SSSR count). The molecule has 0 radical (unpaired) electrons. The van der Waals surface area contributed by atoms with E-state index in [9.17, 15) is 9.00 Å². The zero-order chi connectivity index (χ0) is 12.6. The van der Waals surface area contributed by atoms with Crippen LogP contribution in [0.5, 0.6) is 0 Å². The number of Topliss-reactive ketones (excluding diaryl/α,β-unsaturated/α-hetero) is 1.